The number of nitrogens with zero attached hydrogens (tertiary/aromatic N) is 6. The first-order chi connectivity index (χ1) is 15.2. The molecule has 8 heteroatoms. The van der Waals surface area contributed by atoms with Crippen LogP contribution in [0, 0.1) is 5.92 Å². The van der Waals surface area contributed by atoms with Crippen molar-refractivity contribution in [3.8, 4) is 11.5 Å². The number of benzene rings is 1. The van der Waals surface area contributed by atoms with Gasteiger partial charge in [0.15, 0.2) is 17.3 Å². The molecule has 1 atom stereocenters. The Morgan fingerprint density at radius 2 is 1.81 bits per heavy atom. The molecule has 31 heavy (non-hydrogen) atoms. The third kappa shape index (κ3) is 4.55. The molecule has 2 fully saturated rings. The molecule has 1 aromatic heterocycles. The van der Waals surface area contributed by atoms with Crippen LogP contribution < -0.4 is 9.47 Å². The fourth-order valence-electron chi connectivity index (χ4n) is 5.22. The van der Waals surface area contributed by atoms with Crippen LogP contribution in [0.25, 0.3) is 0 Å². The van der Waals surface area contributed by atoms with E-state index >= 15 is 0 Å². The first-order valence-corrected chi connectivity index (χ1v) is 11.8. The number of rotatable bonds is 7. The predicted octanol–water partition coefficient (Wildman–Crippen LogP) is 3.42. The van der Waals surface area contributed by atoms with Crippen molar-refractivity contribution in [3.63, 3.8) is 0 Å². The van der Waals surface area contributed by atoms with Crippen LogP contribution in [0.1, 0.15) is 69.4 Å². The highest BCUT2D eigenvalue weighted by atomic mass is 16.7. The van der Waals surface area contributed by atoms with Gasteiger partial charge in [-0.3, -0.25) is 9.80 Å². The number of piperazine rings is 1. The van der Waals surface area contributed by atoms with Gasteiger partial charge in [0.2, 0.25) is 6.79 Å². The normalized spacial score (nSPS) is 21.3. The van der Waals surface area contributed by atoms with E-state index in [4.69, 9.17) is 9.47 Å². The van der Waals surface area contributed by atoms with Crippen molar-refractivity contribution < 1.29 is 9.47 Å². The van der Waals surface area contributed by atoms with E-state index in [9.17, 15) is 0 Å². The quantitative estimate of drug-likeness (QED) is 0.672. The van der Waals surface area contributed by atoms with E-state index in [-0.39, 0.29) is 0 Å². The molecule has 5 rings (SSSR count). The number of aromatic nitrogens is 4. The molecule has 0 amide bonds. The fourth-order valence-corrected chi connectivity index (χ4v) is 5.22. The first-order valence-electron chi connectivity index (χ1n) is 11.8. The van der Waals surface area contributed by atoms with E-state index in [1.807, 2.05) is 6.07 Å². The fraction of sp³-hybridized carbons (Fsp3) is 0.696. The minimum absolute atomic E-state index is 0.295. The highest BCUT2D eigenvalue weighted by Gasteiger charge is 2.32. The summed E-state index contributed by atoms with van der Waals surface area (Å²) in [5.41, 5.74) is 1.28. The van der Waals surface area contributed by atoms with Gasteiger partial charge in [0, 0.05) is 32.7 Å². The minimum Gasteiger partial charge on any atom is -0.454 e. The number of fused-ring (bicyclic) bond motifs is 1. The summed E-state index contributed by atoms with van der Waals surface area (Å²) >= 11 is 0. The van der Waals surface area contributed by atoms with Gasteiger partial charge in [0.25, 0.3) is 0 Å². The maximum atomic E-state index is 5.54. The minimum atomic E-state index is 0.295. The molecule has 0 N–H and O–H groups in total. The van der Waals surface area contributed by atoms with Gasteiger partial charge >= 0.3 is 0 Å². The van der Waals surface area contributed by atoms with Crippen LogP contribution in [-0.2, 0) is 6.54 Å². The summed E-state index contributed by atoms with van der Waals surface area (Å²) in [6, 6.07) is 7.06. The zero-order chi connectivity index (χ0) is 21.2. The maximum Gasteiger partial charge on any atom is 0.231 e. The van der Waals surface area contributed by atoms with Gasteiger partial charge in [-0.2, -0.15) is 0 Å². The van der Waals surface area contributed by atoms with Crippen LogP contribution in [-0.4, -0.2) is 63.0 Å². The zero-order valence-corrected chi connectivity index (χ0v) is 18.7. The number of tetrazole rings is 1. The van der Waals surface area contributed by atoms with Gasteiger partial charge in [-0.25, -0.2) is 4.68 Å². The summed E-state index contributed by atoms with van der Waals surface area (Å²) < 4.78 is 13.1. The lowest BCUT2D eigenvalue weighted by molar-refractivity contribution is 0.0759. The summed E-state index contributed by atoms with van der Waals surface area (Å²) in [7, 11) is 0. The van der Waals surface area contributed by atoms with Gasteiger partial charge < -0.3 is 9.47 Å². The molecule has 1 unspecified atom stereocenters. The summed E-state index contributed by atoms with van der Waals surface area (Å²) in [5.74, 6) is 3.40. The van der Waals surface area contributed by atoms with Crippen LogP contribution >= 0.6 is 0 Å². The Kier molecular flexibility index (Phi) is 6.09. The van der Waals surface area contributed by atoms with Crippen molar-refractivity contribution in [2.24, 2.45) is 5.92 Å². The van der Waals surface area contributed by atoms with E-state index in [1.165, 1.54) is 31.2 Å². The highest BCUT2D eigenvalue weighted by molar-refractivity contribution is 5.44. The van der Waals surface area contributed by atoms with Crippen molar-refractivity contribution in [3.05, 3.63) is 29.6 Å². The molecular weight excluding hydrogens is 392 g/mol. The molecule has 1 aliphatic carbocycles. The van der Waals surface area contributed by atoms with Crippen molar-refractivity contribution in [1.29, 1.82) is 0 Å². The molecule has 168 valence electrons. The van der Waals surface area contributed by atoms with Gasteiger partial charge in [0.1, 0.15) is 0 Å². The first kappa shape index (κ1) is 20.7. The Hall–Kier alpha value is -2.19. The summed E-state index contributed by atoms with van der Waals surface area (Å²) in [6.45, 7) is 10.0. The molecule has 0 radical (unpaired) electrons. The Bertz CT molecular complexity index is 871. The monoisotopic (exact) mass is 426 g/mol. The Labute approximate surface area is 184 Å². The molecule has 8 nitrogen and oxygen atoms in total. The largest absolute Gasteiger partial charge is 0.454 e. The van der Waals surface area contributed by atoms with E-state index in [0.717, 1.165) is 56.5 Å². The molecule has 2 aromatic rings. The third-order valence-electron chi connectivity index (χ3n) is 6.87. The van der Waals surface area contributed by atoms with Crippen molar-refractivity contribution in [1.82, 2.24) is 30.0 Å². The average molecular weight is 427 g/mol. The topological polar surface area (TPSA) is 68.5 Å². The number of ether oxygens (including phenoxy) is 2. The highest BCUT2D eigenvalue weighted by Crippen LogP contribution is 2.35. The molecule has 0 spiro atoms. The van der Waals surface area contributed by atoms with Crippen molar-refractivity contribution in [2.45, 2.75) is 64.6 Å². The second-order valence-corrected chi connectivity index (χ2v) is 9.57. The molecule has 1 saturated carbocycles. The van der Waals surface area contributed by atoms with Gasteiger partial charge in [-0.15, -0.1) is 5.10 Å². The van der Waals surface area contributed by atoms with Crippen molar-refractivity contribution in [2.75, 3.05) is 33.0 Å². The van der Waals surface area contributed by atoms with E-state index in [1.54, 1.807) is 0 Å². The van der Waals surface area contributed by atoms with Gasteiger partial charge in [0.05, 0.1) is 12.1 Å². The Morgan fingerprint density at radius 1 is 1.03 bits per heavy atom. The van der Waals surface area contributed by atoms with Gasteiger partial charge in [-0.05, 0) is 53.3 Å². The molecule has 1 saturated heterocycles. The SMILES string of the molecule is CC(C)CC(c1nnnn1C1CCCC1)N1CCN(Cc2ccc3c(c2)OCO3)CC1. The van der Waals surface area contributed by atoms with Gasteiger partial charge in [-0.1, -0.05) is 32.8 Å². The summed E-state index contributed by atoms with van der Waals surface area (Å²) in [5, 5.41) is 13.0. The summed E-state index contributed by atoms with van der Waals surface area (Å²) in [4.78, 5) is 5.13. The lowest BCUT2D eigenvalue weighted by atomic mass is 10.0. The predicted molar refractivity (Wildman–Crippen MR) is 117 cm³/mol. The third-order valence-corrected chi connectivity index (χ3v) is 6.87. The molecule has 1 aromatic carbocycles. The summed E-state index contributed by atoms with van der Waals surface area (Å²) in [6.07, 6.45) is 6.08. The standard InChI is InChI=1S/C23H34N6O2/c1-17(2)13-20(23-24-25-26-29(23)19-5-3-4-6-19)28-11-9-27(10-12-28)15-18-7-8-21-22(14-18)31-16-30-21/h7-8,14,17,19-20H,3-6,9-13,15-16H2,1-2H3. The maximum absolute atomic E-state index is 5.54. The van der Waals surface area contributed by atoms with E-state index in [2.05, 4.69) is 56.0 Å². The molecule has 3 heterocycles. The molecule has 0 bridgehead atoms. The lowest BCUT2D eigenvalue weighted by Gasteiger charge is -2.39. The van der Waals surface area contributed by atoms with Crippen LogP contribution in [0.15, 0.2) is 18.2 Å². The Balaban J connectivity index is 1.24. The number of hydrogen-bond donors (Lipinski definition) is 0. The molecule has 3 aliphatic rings. The van der Waals surface area contributed by atoms with Crippen LogP contribution in [0.2, 0.25) is 0 Å². The number of hydrogen-bond acceptors (Lipinski definition) is 7. The van der Waals surface area contributed by atoms with Crippen molar-refractivity contribution >= 4 is 0 Å². The molecular formula is C23H34N6O2. The van der Waals surface area contributed by atoms with E-state index in [0.29, 0.717) is 24.8 Å². The lowest BCUT2D eigenvalue weighted by Crippen LogP contribution is -2.48. The van der Waals surface area contributed by atoms with Crippen LogP contribution in [0.5, 0.6) is 11.5 Å². The second kappa shape index (κ2) is 9.12. The van der Waals surface area contributed by atoms with Crippen LogP contribution in [0.3, 0.4) is 0 Å². The molecule has 2 aliphatic heterocycles. The van der Waals surface area contributed by atoms with E-state index < -0.39 is 0 Å². The zero-order valence-electron chi connectivity index (χ0n) is 18.7. The average Bonchev–Trinajstić information content (AvgIpc) is 3.53. The second-order valence-electron chi connectivity index (χ2n) is 9.57. The smallest absolute Gasteiger partial charge is 0.231 e. The van der Waals surface area contributed by atoms with Crippen LogP contribution in [0.4, 0.5) is 0 Å². The Morgan fingerprint density at radius 3 is 2.58 bits per heavy atom.